The number of rotatable bonds is 7. The van der Waals surface area contributed by atoms with Gasteiger partial charge in [0.05, 0.1) is 0 Å². The Morgan fingerprint density at radius 2 is 2.11 bits per heavy atom. The van der Waals surface area contributed by atoms with Gasteiger partial charge in [0.1, 0.15) is 6.10 Å². The van der Waals surface area contributed by atoms with Gasteiger partial charge in [-0.05, 0) is 30.9 Å². The van der Waals surface area contributed by atoms with Gasteiger partial charge in [0, 0.05) is 6.92 Å². The third kappa shape index (κ3) is 6.04. The summed E-state index contributed by atoms with van der Waals surface area (Å²) in [5.74, 6) is -0.240. The Labute approximate surface area is 109 Å². The van der Waals surface area contributed by atoms with E-state index in [2.05, 4.69) is 6.58 Å². The molecule has 2 nitrogen and oxygen atoms in total. The quantitative estimate of drug-likeness (QED) is 0.412. The summed E-state index contributed by atoms with van der Waals surface area (Å²) < 4.78 is 5.26. The molecule has 0 amide bonds. The zero-order valence-corrected chi connectivity index (χ0v) is 10.8. The molecule has 96 valence electrons. The second kappa shape index (κ2) is 8.29. The van der Waals surface area contributed by atoms with E-state index in [-0.39, 0.29) is 12.1 Å². The number of carbonyl (C=O) groups excluding carboxylic acids is 1. The Kier molecular flexibility index (Phi) is 6.55. The Bertz CT molecular complexity index is 393. The molecule has 1 aromatic carbocycles. The Morgan fingerprint density at radius 3 is 2.72 bits per heavy atom. The number of hydrogen-bond acceptors (Lipinski definition) is 2. The molecule has 0 spiro atoms. The van der Waals surface area contributed by atoms with Crippen LogP contribution in [-0.4, -0.2) is 12.1 Å². The van der Waals surface area contributed by atoms with E-state index >= 15 is 0 Å². The minimum absolute atomic E-state index is 0.150. The maximum absolute atomic E-state index is 11.0. The van der Waals surface area contributed by atoms with Crippen molar-refractivity contribution >= 4 is 12.0 Å². The SMILES string of the molecule is C=CCCCC(/C=C/c1ccccc1)OC(C)=O. The standard InChI is InChI=1S/C16H20O2/c1-3-4-6-11-16(18-14(2)17)13-12-15-9-7-5-8-10-15/h3,5,7-10,12-13,16H,1,4,6,11H2,2H3/b13-12+. The van der Waals surface area contributed by atoms with Gasteiger partial charge in [-0.25, -0.2) is 0 Å². The first-order valence-electron chi connectivity index (χ1n) is 6.23. The molecule has 0 radical (unpaired) electrons. The van der Waals surface area contributed by atoms with Crippen LogP contribution in [0.4, 0.5) is 0 Å². The molecule has 1 unspecified atom stereocenters. The van der Waals surface area contributed by atoms with Gasteiger partial charge in [0.25, 0.3) is 0 Å². The molecule has 0 aliphatic carbocycles. The second-order valence-corrected chi connectivity index (χ2v) is 4.14. The molecule has 0 saturated carbocycles. The van der Waals surface area contributed by atoms with Crippen LogP contribution >= 0.6 is 0 Å². The van der Waals surface area contributed by atoms with Crippen LogP contribution in [0.5, 0.6) is 0 Å². The molecule has 0 aliphatic rings. The van der Waals surface area contributed by atoms with Gasteiger partial charge in [-0.2, -0.15) is 0 Å². The number of esters is 1. The van der Waals surface area contributed by atoms with Crippen molar-refractivity contribution in [3.05, 3.63) is 54.6 Å². The fourth-order valence-electron chi connectivity index (χ4n) is 1.65. The minimum Gasteiger partial charge on any atom is -0.458 e. The highest BCUT2D eigenvalue weighted by Crippen LogP contribution is 2.10. The summed E-state index contributed by atoms with van der Waals surface area (Å²) in [4.78, 5) is 11.0. The molecule has 18 heavy (non-hydrogen) atoms. The highest BCUT2D eigenvalue weighted by Gasteiger charge is 2.07. The number of allylic oxidation sites excluding steroid dienone is 1. The summed E-state index contributed by atoms with van der Waals surface area (Å²) in [7, 11) is 0. The van der Waals surface area contributed by atoms with Crippen LogP contribution in [0.2, 0.25) is 0 Å². The Balaban J connectivity index is 2.56. The van der Waals surface area contributed by atoms with E-state index < -0.39 is 0 Å². The van der Waals surface area contributed by atoms with Gasteiger partial charge in [0.15, 0.2) is 0 Å². The molecule has 0 aromatic heterocycles. The van der Waals surface area contributed by atoms with Gasteiger partial charge in [-0.15, -0.1) is 6.58 Å². The maximum Gasteiger partial charge on any atom is 0.303 e. The second-order valence-electron chi connectivity index (χ2n) is 4.14. The first kappa shape index (κ1) is 14.2. The van der Waals surface area contributed by atoms with E-state index in [0.717, 1.165) is 24.8 Å². The average molecular weight is 244 g/mol. The molecular weight excluding hydrogens is 224 g/mol. The number of carbonyl (C=O) groups is 1. The summed E-state index contributed by atoms with van der Waals surface area (Å²) in [6.07, 6.45) is 8.40. The largest absolute Gasteiger partial charge is 0.458 e. The minimum atomic E-state index is -0.240. The molecule has 0 heterocycles. The van der Waals surface area contributed by atoms with Crippen molar-refractivity contribution in [3.8, 4) is 0 Å². The van der Waals surface area contributed by atoms with Gasteiger partial charge in [-0.3, -0.25) is 4.79 Å². The topological polar surface area (TPSA) is 26.3 Å². The van der Waals surface area contributed by atoms with Crippen LogP contribution in [0.1, 0.15) is 31.7 Å². The van der Waals surface area contributed by atoms with Crippen molar-refractivity contribution in [1.29, 1.82) is 0 Å². The van der Waals surface area contributed by atoms with E-state index in [0.29, 0.717) is 0 Å². The fraction of sp³-hybridized carbons (Fsp3) is 0.312. The fourth-order valence-corrected chi connectivity index (χ4v) is 1.65. The lowest BCUT2D eigenvalue weighted by Gasteiger charge is -2.12. The monoisotopic (exact) mass is 244 g/mol. The van der Waals surface area contributed by atoms with Crippen LogP contribution in [0.25, 0.3) is 6.08 Å². The Hall–Kier alpha value is -1.83. The zero-order valence-electron chi connectivity index (χ0n) is 10.8. The van der Waals surface area contributed by atoms with E-state index in [4.69, 9.17) is 4.74 Å². The number of ether oxygens (including phenoxy) is 1. The van der Waals surface area contributed by atoms with Crippen molar-refractivity contribution in [1.82, 2.24) is 0 Å². The summed E-state index contributed by atoms with van der Waals surface area (Å²) >= 11 is 0. The highest BCUT2D eigenvalue weighted by atomic mass is 16.5. The molecule has 1 rings (SSSR count). The van der Waals surface area contributed by atoms with Crippen LogP contribution in [-0.2, 0) is 9.53 Å². The summed E-state index contributed by atoms with van der Waals surface area (Å²) in [5.41, 5.74) is 1.11. The van der Waals surface area contributed by atoms with Crippen molar-refractivity contribution in [2.24, 2.45) is 0 Å². The summed E-state index contributed by atoms with van der Waals surface area (Å²) in [5, 5.41) is 0. The molecule has 1 aromatic rings. The van der Waals surface area contributed by atoms with E-state index in [1.54, 1.807) is 0 Å². The van der Waals surface area contributed by atoms with Crippen molar-refractivity contribution < 1.29 is 9.53 Å². The summed E-state index contributed by atoms with van der Waals surface area (Å²) in [6.45, 7) is 5.13. The van der Waals surface area contributed by atoms with Gasteiger partial charge in [0.2, 0.25) is 0 Å². The van der Waals surface area contributed by atoms with Gasteiger partial charge < -0.3 is 4.74 Å². The third-order valence-electron chi connectivity index (χ3n) is 2.52. The molecule has 2 heteroatoms. The van der Waals surface area contributed by atoms with E-state index in [1.807, 2.05) is 48.6 Å². The molecular formula is C16H20O2. The number of benzene rings is 1. The number of hydrogen-bond donors (Lipinski definition) is 0. The molecule has 0 saturated heterocycles. The lowest BCUT2D eigenvalue weighted by Crippen LogP contribution is -2.13. The van der Waals surface area contributed by atoms with Crippen LogP contribution in [0.15, 0.2) is 49.1 Å². The third-order valence-corrected chi connectivity index (χ3v) is 2.52. The normalized spacial score (nSPS) is 12.3. The van der Waals surface area contributed by atoms with E-state index in [9.17, 15) is 4.79 Å². The smallest absolute Gasteiger partial charge is 0.303 e. The molecule has 0 bridgehead atoms. The zero-order chi connectivity index (χ0) is 13.2. The van der Waals surface area contributed by atoms with Crippen molar-refractivity contribution in [2.75, 3.05) is 0 Å². The number of unbranched alkanes of at least 4 members (excludes halogenated alkanes) is 1. The lowest BCUT2D eigenvalue weighted by atomic mass is 10.1. The Morgan fingerprint density at radius 1 is 1.39 bits per heavy atom. The molecule has 0 fully saturated rings. The predicted molar refractivity (Wildman–Crippen MR) is 75.1 cm³/mol. The molecule has 1 atom stereocenters. The first-order chi connectivity index (χ1) is 8.72. The first-order valence-corrected chi connectivity index (χ1v) is 6.23. The van der Waals surface area contributed by atoms with E-state index in [1.165, 1.54) is 6.92 Å². The lowest BCUT2D eigenvalue weighted by molar-refractivity contribution is -0.144. The van der Waals surface area contributed by atoms with Crippen LogP contribution in [0, 0.1) is 0 Å². The van der Waals surface area contributed by atoms with Crippen molar-refractivity contribution in [2.45, 2.75) is 32.3 Å². The highest BCUT2D eigenvalue weighted by molar-refractivity contribution is 5.66. The predicted octanol–water partition coefficient (Wildman–Crippen LogP) is 3.99. The summed E-state index contributed by atoms with van der Waals surface area (Å²) in [6, 6.07) is 9.98. The van der Waals surface area contributed by atoms with Crippen molar-refractivity contribution in [3.63, 3.8) is 0 Å². The molecule has 0 aliphatic heterocycles. The molecule has 0 N–H and O–H groups in total. The average Bonchev–Trinajstić information content (AvgIpc) is 2.37. The van der Waals surface area contributed by atoms with Gasteiger partial charge in [-0.1, -0.05) is 42.5 Å². The van der Waals surface area contributed by atoms with Crippen LogP contribution in [0.3, 0.4) is 0 Å². The van der Waals surface area contributed by atoms with Gasteiger partial charge >= 0.3 is 5.97 Å². The van der Waals surface area contributed by atoms with Crippen LogP contribution < -0.4 is 0 Å². The maximum atomic E-state index is 11.0.